The number of aromatic nitrogens is 1. The fourth-order valence-corrected chi connectivity index (χ4v) is 1.82. The highest BCUT2D eigenvalue weighted by Crippen LogP contribution is 2.11. The molecule has 0 unspecified atom stereocenters. The van der Waals surface area contributed by atoms with Crippen LogP contribution in [0.3, 0.4) is 0 Å². The number of piperidine rings is 1. The van der Waals surface area contributed by atoms with Gasteiger partial charge in [0.05, 0.1) is 0 Å². The minimum Gasteiger partial charge on any atom is -0.364 e. The number of aromatic amines is 1. The summed E-state index contributed by atoms with van der Waals surface area (Å²) in [7, 11) is 0. The van der Waals surface area contributed by atoms with Crippen LogP contribution >= 0.6 is 0 Å². The van der Waals surface area contributed by atoms with E-state index in [4.69, 9.17) is 5.73 Å². The van der Waals surface area contributed by atoms with Crippen LogP contribution in [0.4, 0.5) is 0 Å². The van der Waals surface area contributed by atoms with Gasteiger partial charge in [-0.1, -0.05) is 0 Å². The smallest absolute Gasteiger partial charge is 0.0385 e. The number of nitrogens with one attached hydrogen (secondary N) is 1. The van der Waals surface area contributed by atoms with E-state index in [9.17, 15) is 0 Å². The molecular weight excluding hydrogens is 162 g/mol. The molecule has 1 aromatic rings. The van der Waals surface area contributed by atoms with Gasteiger partial charge in [-0.3, -0.25) is 4.90 Å². The van der Waals surface area contributed by atoms with Gasteiger partial charge < -0.3 is 10.7 Å². The van der Waals surface area contributed by atoms with Crippen LogP contribution in [0.25, 0.3) is 0 Å². The van der Waals surface area contributed by atoms with Crippen molar-refractivity contribution in [3.63, 3.8) is 0 Å². The average Bonchev–Trinajstić information content (AvgIpc) is 2.62. The lowest BCUT2D eigenvalue weighted by atomic mass is 10.1. The van der Waals surface area contributed by atoms with Gasteiger partial charge in [0, 0.05) is 37.6 Å². The molecular formula is C10H17N3. The van der Waals surface area contributed by atoms with Crippen molar-refractivity contribution in [3.8, 4) is 0 Å². The van der Waals surface area contributed by atoms with Crippen molar-refractivity contribution < 1.29 is 0 Å². The fraction of sp³-hybridized carbons (Fsp3) is 0.600. The van der Waals surface area contributed by atoms with Crippen LogP contribution in [0.2, 0.25) is 0 Å². The summed E-state index contributed by atoms with van der Waals surface area (Å²) in [6.45, 7) is 3.32. The molecule has 3 nitrogen and oxygen atoms in total. The first-order valence-electron chi connectivity index (χ1n) is 4.95. The lowest BCUT2D eigenvalue weighted by Gasteiger charge is -2.29. The van der Waals surface area contributed by atoms with Gasteiger partial charge in [0.15, 0.2) is 0 Å². The first-order chi connectivity index (χ1) is 6.34. The van der Waals surface area contributed by atoms with Crippen molar-refractivity contribution in [2.24, 2.45) is 5.73 Å². The summed E-state index contributed by atoms with van der Waals surface area (Å²) < 4.78 is 0. The van der Waals surface area contributed by atoms with E-state index < -0.39 is 0 Å². The molecule has 1 aromatic heterocycles. The Morgan fingerprint density at radius 3 is 2.85 bits per heavy atom. The number of nitrogens with zero attached hydrogens (tertiary/aromatic N) is 1. The number of hydrogen-bond acceptors (Lipinski definition) is 2. The maximum Gasteiger partial charge on any atom is 0.0385 e. The van der Waals surface area contributed by atoms with Gasteiger partial charge in [0.1, 0.15) is 0 Å². The zero-order valence-electron chi connectivity index (χ0n) is 7.87. The largest absolute Gasteiger partial charge is 0.364 e. The summed E-state index contributed by atoms with van der Waals surface area (Å²) in [6.07, 6.45) is 4.26. The van der Waals surface area contributed by atoms with Crippen LogP contribution in [0.5, 0.6) is 0 Å². The lowest BCUT2D eigenvalue weighted by molar-refractivity contribution is 0.204. The molecule has 0 radical (unpaired) electrons. The van der Waals surface area contributed by atoms with Gasteiger partial charge in [-0.25, -0.2) is 0 Å². The van der Waals surface area contributed by atoms with E-state index in [1.807, 2.05) is 12.3 Å². The number of likely N-dealkylation sites (tertiary alicyclic amines) is 1. The monoisotopic (exact) mass is 179 g/mol. The van der Waals surface area contributed by atoms with E-state index in [-0.39, 0.29) is 0 Å². The highest BCUT2D eigenvalue weighted by Gasteiger charge is 2.15. The lowest BCUT2D eigenvalue weighted by Crippen LogP contribution is -2.39. The fourth-order valence-electron chi connectivity index (χ4n) is 1.82. The molecule has 0 aromatic carbocycles. The average molecular weight is 179 g/mol. The number of H-pyrrole nitrogens is 1. The molecule has 0 amide bonds. The second-order valence-corrected chi connectivity index (χ2v) is 3.81. The summed E-state index contributed by atoms with van der Waals surface area (Å²) in [5.41, 5.74) is 7.14. The molecule has 2 rings (SSSR count). The summed E-state index contributed by atoms with van der Waals surface area (Å²) >= 11 is 0. The van der Waals surface area contributed by atoms with Gasteiger partial charge in [-0.2, -0.15) is 0 Å². The molecule has 0 bridgehead atoms. The predicted molar refractivity (Wildman–Crippen MR) is 53.3 cm³/mol. The van der Waals surface area contributed by atoms with E-state index in [2.05, 4.69) is 16.0 Å². The molecule has 1 fully saturated rings. The Hall–Kier alpha value is -0.800. The second-order valence-electron chi connectivity index (χ2n) is 3.81. The molecule has 1 aliphatic heterocycles. The van der Waals surface area contributed by atoms with Crippen molar-refractivity contribution in [1.82, 2.24) is 9.88 Å². The van der Waals surface area contributed by atoms with Crippen molar-refractivity contribution >= 4 is 0 Å². The summed E-state index contributed by atoms with van der Waals surface area (Å²) in [5.74, 6) is 0. The third kappa shape index (κ3) is 2.32. The van der Waals surface area contributed by atoms with Gasteiger partial charge in [-0.15, -0.1) is 0 Å². The van der Waals surface area contributed by atoms with Gasteiger partial charge in [0.2, 0.25) is 0 Å². The summed E-state index contributed by atoms with van der Waals surface area (Å²) in [4.78, 5) is 5.68. The standard InChI is InChI=1S/C10H17N3/c11-9-3-6-13(7-4-9)8-10-2-1-5-12-10/h1-2,5,9,12H,3-4,6-8,11H2. The highest BCUT2D eigenvalue weighted by atomic mass is 15.1. The number of rotatable bonds is 2. The Kier molecular flexibility index (Phi) is 2.66. The van der Waals surface area contributed by atoms with Crippen molar-refractivity contribution in [2.45, 2.75) is 25.4 Å². The zero-order chi connectivity index (χ0) is 9.10. The third-order valence-corrected chi connectivity index (χ3v) is 2.69. The molecule has 3 N–H and O–H groups in total. The van der Waals surface area contributed by atoms with E-state index in [1.165, 1.54) is 5.69 Å². The van der Waals surface area contributed by atoms with Crippen LogP contribution in [0, 0.1) is 0 Å². The van der Waals surface area contributed by atoms with Crippen LogP contribution in [0.15, 0.2) is 18.3 Å². The first-order valence-corrected chi connectivity index (χ1v) is 4.95. The quantitative estimate of drug-likeness (QED) is 0.709. The highest BCUT2D eigenvalue weighted by molar-refractivity contribution is 5.03. The molecule has 72 valence electrons. The van der Waals surface area contributed by atoms with Crippen molar-refractivity contribution in [1.29, 1.82) is 0 Å². The van der Waals surface area contributed by atoms with Crippen LogP contribution < -0.4 is 5.73 Å². The molecule has 0 spiro atoms. The van der Waals surface area contributed by atoms with E-state index in [1.54, 1.807) is 0 Å². The number of nitrogens with two attached hydrogens (primary N) is 1. The summed E-state index contributed by atoms with van der Waals surface area (Å²) in [5, 5.41) is 0. The minimum absolute atomic E-state index is 0.430. The van der Waals surface area contributed by atoms with Crippen LogP contribution in [-0.2, 0) is 6.54 Å². The molecule has 0 atom stereocenters. The number of hydrogen-bond donors (Lipinski definition) is 2. The third-order valence-electron chi connectivity index (χ3n) is 2.69. The predicted octanol–water partition coefficient (Wildman–Crippen LogP) is 0.938. The first kappa shape index (κ1) is 8.78. The minimum atomic E-state index is 0.430. The molecule has 1 aliphatic rings. The normalized spacial score (nSPS) is 20.7. The van der Waals surface area contributed by atoms with Gasteiger partial charge in [0.25, 0.3) is 0 Å². The van der Waals surface area contributed by atoms with Crippen LogP contribution in [0.1, 0.15) is 18.5 Å². The Labute approximate surface area is 78.9 Å². The van der Waals surface area contributed by atoms with Crippen LogP contribution in [-0.4, -0.2) is 29.0 Å². The zero-order valence-corrected chi connectivity index (χ0v) is 7.87. The van der Waals surface area contributed by atoms with Crippen molar-refractivity contribution in [2.75, 3.05) is 13.1 Å². The molecule has 3 heteroatoms. The Morgan fingerprint density at radius 2 is 2.23 bits per heavy atom. The Balaban J connectivity index is 1.83. The van der Waals surface area contributed by atoms with E-state index >= 15 is 0 Å². The molecule has 0 saturated carbocycles. The maximum absolute atomic E-state index is 5.84. The van der Waals surface area contributed by atoms with Gasteiger partial charge >= 0.3 is 0 Å². The topological polar surface area (TPSA) is 45.0 Å². The second kappa shape index (κ2) is 3.94. The van der Waals surface area contributed by atoms with E-state index in [0.717, 1.165) is 32.5 Å². The molecule has 0 aliphatic carbocycles. The Bertz CT molecular complexity index is 235. The van der Waals surface area contributed by atoms with Gasteiger partial charge in [-0.05, 0) is 25.0 Å². The SMILES string of the molecule is NC1CCN(Cc2ccc[nH]2)CC1. The summed E-state index contributed by atoms with van der Waals surface area (Å²) in [6, 6.07) is 4.61. The molecule has 1 saturated heterocycles. The Morgan fingerprint density at radius 1 is 1.46 bits per heavy atom. The van der Waals surface area contributed by atoms with E-state index in [0.29, 0.717) is 6.04 Å². The van der Waals surface area contributed by atoms with Crippen molar-refractivity contribution in [3.05, 3.63) is 24.0 Å². The maximum atomic E-state index is 5.84. The molecule has 13 heavy (non-hydrogen) atoms. The molecule has 2 heterocycles.